The second kappa shape index (κ2) is 3.58. The summed E-state index contributed by atoms with van der Waals surface area (Å²) >= 11 is 0. The standard InChI is InChI=1S/C8H12N2O2/c1-2-7(6-9-4-1)12-8-3-5-11-10-8/h3,5,7,9H,1-2,4,6H2. The molecule has 1 fully saturated rings. The van der Waals surface area contributed by atoms with Crippen molar-refractivity contribution in [3.63, 3.8) is 0 Å². The fourth-order valence-electron chi connectivity index (χ4n) is 1.35. The molecule has 0 saturated carbocycles. The molecule has 12 heavy (non-hydrogen) atoms. The van der Waals surface area contributed by atoms with E-state index in [1.165, 1.54) is 12.7 Å². The van der Waals surface area contributed by atoms with E-state index in [2.05, 4.69) is 15.0 Å². The minimum Gasteiger partial charge on any atom is -0.471 e. The number of hydrogen-bond donors (Lipinski definition) is 1. The molecule has 2 rings (SSSR count). The van der Waals surface area contributed by atoms with Crippen molar-refractivity contribution in [2.75, 3.05) is 13.1 Å². The average Bonchev–Trinajstić information content (AvgIpc) is 2.59. The van der Waals surface area contributed by atoms with Crippen LogP contribution in [0.4, 0.5) is 0 Å². The monoisotopic (exact) mass is 168 g/mol. The predicted molar refractivity (Wildman–Crippen MR) is 43.0 cm³/mol. The zero-order valence-corrected chi connectivity index (χ0v) is 6.82. The van der Waals surface area contributed by atoms with Crippen molar-refractivity contribution in [2.45, 2.75) is 18.9 Å². The van der Waals surface area contributed by atoms with E-state index in [-0.39, 0.29) is 6.10 Å². The summed E-state index contributed by atoms with van der Waals surface area (Å²) in [5, 5.41) is 6.95. The van der Waals surface area contributed by atoms with Gasteiger partial charge in [-0.2, -0.15) is 0 Å². The van der Waals surface area contributed by atoms with Crippen LogP contribution in [-0.2, 0) is 0 Å². The lowest BCUT2D eigenvalue weighted by Crippen LogP contribution is -2.37. The molecule has 0 amide bonds. The Bertz CT molecular complexity index is 217. The minimum atomic E-state index is 0.254. The van der Waals surface area contributed by atoms with Crippen LogP contribution in [-0.4, -0.2) is 24.4 Å². The van der Waals surface area contributed by atoms with Crippen LogP contribution in [0.25, 0.3) is 0 Å². The molecular weight excluding hydrogens is 156 g/mol. The molecule has 66 valence electrons. The van der Waals surface area contributed by atoms with Crippen LogP contribution in [0.3, 0.4) is 0 Å². The number of aromatic nitrogens is 1. The molecule has 0 spiro atoms. The van der Waals surface area contributed by atoms with Crippen LogP contribution in [0, 0.1) is 0 Å². The van der Waals surface area contributed by atoms with Gasteiger partial charge in [-0.25, -0.2) is 0 Å². The van der Waals surface area contributed by atoms with Gasteiger partial charge in [0.2, 0.25) is 0 Å². The van der Waals surface area contributed by atoms with Gasteiger partial charge < -0.3 is 14.6 Å². The zero-order valence-electron chi connectivity index (χ0n) is 6.82. The van der Waals surface area contributed by atoms with E-state index in [9.17, 15) is 0 Å². The predicted octanol–water partition coefficient (Wildman–Crippen LogP) is 0.805. The van der Waals surface area contributed by atoms with Crippen molar-refractivity contribution >= 4 is 0 Å². The molecule has 0 aromatic carbocycles. The molecule has 1 N–H and O–H groups in total. The zero-order chi connectivity index (χ0) is 8.23. The Morgan fingerprint density at radius 3 is 3.33 bits per heavy atom. The highest BCUT2D eigenvalue weighted by Gasteiger charge is 2.14. The van der Waals surface area contributed by atoms with Crippen molar-refractivity contribution in [3.8, 4) is 5.88 Å². The van der Waals surface area contributed by atoms with Gasteiger partial charge in [-0.05, 0) is 24.5 Å². The lowest BCUT2D eigenvalue weighted by atomic mass is 10.1. The molecular formula is C8H12N2O2. The smallest absolute Gasteiger partial charge is 0.254 e. The van der Waals surface area contributed by atoms with E-state index in [0.29, 0.717) is 5.88 Å². The Morgan fingerprint density at radius 2 is 2.67 bits per heavy atom. The normalized spacial score (nSPS) is 23.8. The van der Waals surface area contributed by atoms with Gasteiger partial charge in [-0.3, -0.25) is 0 Å². The van der Waals surface area contributed by atoms with Crippen LogP contribution < -0.4 is 10.1 Å². The summed E-state index contributed by atoms with van der Waals surface area (Å²) in [7, 11) is 0. The first-order valence-electron chi connectivity index (χ1n) is 4.23. The van der Waals surface area contributed by atoms with E-state index in [1.807, 2.05) is 0 Å². The Labute approximate surface area is 70.9 Å². The fraction of sp³-hybridized carbons (Fsp3) is 0.625. The maximum absolute atomic E-state index is 5.53. The Balaban J connectivity index is 1.86. The number of nitrogens with zero attached hydrogens (tertiary/aromatic N) is 1. The maximum Gasteiger partial charge on any atom is 0.254 e. The highest BCUT2D eigenvalue weighted by molar-refractivity contribution is 5.03. The highest BCUT2D eigenvalue weighted by atomic mass is 16.5. The number of rotatable bonds is 2. The largest absolute Gasteiger partial charge is 0.471 e. The summed E-state index contributed by atoms with van der Waals surface area (Å²) in [6, 6.07) is 1.73. The molecule has 1 aromatic heterocycles. The Morgan fingerprint density at radius 1 is 1.67 bits per heavy atom. The molecule has 0 bridgehead atoms. The van der Waals surface area contributed by atoms with Crippen LogP contribution >= 0.6 is 0 Å². The first-order valence-corrected chi connectivity index (χ1v) is 4.23. The number of ether oxygens (including phenoxy) is 1. The topological polar surface area (TPSA) is 47.3 Å². The van der Waals surface area contributed by atoms with Crippen molar-refractivity contribution in [1.29, 1.82) is 0 Å². The van der Waals surface area contributed by atoms with E-state index < -0.39 is 0 Å². The van der Waals surface area contributed by atoms with Crippen molar-refractivity contribution in [2.24, 2.45) is 0 Å². The van der Waals surface area contributed by atoms with Gasteiger partial charge in [-0.1, -0.05) is 0 Å². The summed E-state index contributed by atoms with van der Waals surface area (Å²) in [5.74, 6) is 0.587. The molecule has 0 aliphatic carbocycles. The van der Waals surface area contributed by atoms with Gasteiger partial charge in [0, 0.05) is 12.6 Å². The number of nitrogens with one attached hydrogen (secondary N) is 1. The van der Waals surface area contributed by atoms with E-state index in [4.69, 9.17) is 4.74 Å². The molecule has 1 unspecified atom stereocenters. The number of hydrogen-bond acceptors (Lipinski definition) is 4. The third kappa shape index (κ3) is 1.76. The van der Waals surface area contributed by atoms with E-state index in [1.54, 1.807) is 6.07 Å². The van der Waals surface area contributed by atoms with Crippen LogP contribution in [0.5, 0.6) is 5.88 Å². The molecule has 4 nitrogen and oxygen atoms in total. The van der Waals surface area contributed by atoms with Crippen molar-refractivity contribution in [1.82, 2.24) is 10.5 Å². The molecule has 1 aliphatic rings. The van der Waals surface area contributed by atoms with Crippen LogP contribution in [0.2, 0.25) is 0 Å². The van der Waals surface area contributed by atoms with Gasteiger partial charge >= 0.3 is 0 Å². The second-order valence-corrected chi connectivity index (χ2v) is 2.92. The SMILES string of the molecule is c1cc(OC2CCCNC2)no1. The summed E-state index contributed by atoms with van der Waals surface area (Å²) < 4.78 is 10.2. The van der Waals surface area contributed by atoms with Crippen LogP contribution in [0.15, 0.2) is 16.9 Å². The average molecular weight is 168 g/mol. The molecule has 2 heterocycles. The minimum absolute atomic E-state index is 0.254. The summed E-state index contributed by atoms with van der Waals surface area (Å²) in [6.07, 6.45) is 4.04. The summed E-state index contributed by atoms with van der Waals surface area (Å²) in [4.78, 5) is 0. The molecule has 0 radical (unpaired) electrons. The first-order chi connectivity index (χ1) is 5.95. The van der Waals surface area contributed by atoms with Gasteiger partial charge in [0.05, 0.1) is 0 Å². The third-order valence-corrected chi connectivity index (χ3v) is 1.95. The summed E-state index contributed by atoms with van der Waals surface area (Å²) in [5.41, 5.74) is 0. The lowest BCUT2D eigenvalue weighted by Gasteiger charge is -2.22. The Hall–Kier alpha value is -1.03. The second-order valence-electron chi connectivity index (χ2n) is 2.92. The molecule has 1 atom stereocenters. The molecule has 1 aromatic rings. The van der Waals surface area contributed by atoms with Gasteiger partial charge in [0.25, 0.3) is 5.88 Å². The van der Waals surface area contributed by atoms with Crippen molar-refractivity contribution in [3.05, 3.63) is 12.3 Å². The van der Waals surface area contributed by atoms with Crippen molar-refractivity contribution < 1.29 is 9.26 Å². The lowest BCUT2D eigenvalue weighted by molar-refractivity contribution is 0.153. The van der Waals surface area contributed by atoms with Gasteiger partial charge in [0.15, 0.2) is 0 Å². The van der Waals surface area contributed by atoms with E-state index in [0.717, 1.165) is 19.5 Å². The van der Waals surface area contributed by atoms with E-state index >= 15 is 0 Å². The molecule has 1 aliphatic heterocycles. The molecule has 1 saturated heterocycles. The third-order valence-electron chi connectivity index (χ3n) is 1.95. The van der Waals surface area contributed by atoms with Gasteiger partial charge in [-0.15, -0.1) is 0 Å². The van der Waals surface area contributed by atoms with Gasteiger partial charge in [0.1, 0.15) is 12.4 Å². The Kier molecular flexibility index (Phi) is 2.27. The number of piperidine rings is 1. The maximum atomic E-state index is 5.53. The summed E-state index contributed by atoms with van der Waals surface area (Å²) in [6.45, 7) is 2.01. The highest BCUT2D eigenvalue weighted by Crippen LogP contribution is 2.12. The fourth-order valence-corrected chi connectivity index (χ4v) is 1.35. The quantitative estimate of drug-likeness (QED) is 0.709. The molecule has 4 heteroatoms. The first kappa shape index (κ1) is 7.61. The van der Waals surface area contributed by atoms with Crippen LogP contribution in [0.1, 0.15) is 12.8 Å².